The van der Waals surface area contributed by atoms with E-state index in [1.165, 1.54) is 11.3 Å². The number of hydrogen-bond acceptors (Lipinski definition) is 3. The van der Waals surface area contributed by atoms with Crippen molar-refractivity contribution in [2.45, 2.75) is 23.2 Å². The fraction of sp³-hybridized carbons (Fsp3) is 0.250. The molecule has 0 bridgehead atoms. The lowest BCUT2D eigenvalue weighted by Crippen LogP contribution is -2.06. The first-order valence-electron chi connectivity index (χ1n) is 5.02. The number of thiazole rings is 1. The number of aromatic nitrogens is 1. The van der Waals surface area contributed by atoms with E-state index in [0.29, 0.717) is 5.01 Å². The van der Waals surface area contributed by atoms with Gasteiger partial charge in [0.1, 0.15) is 5.01 Å². The standard InChI is InChI=1S/C12H12FNS2/c1-9(11(13)12-14-7-8-15-12)16-10-5-3-2-4-6-10/h2-9,11H,1H3. The number of hydrogen-bond donors (Lipinski definition) is 0. The smallest absolute Gasteiger partial charge is 0.163 e. The fourth-order valence-corrected chi connectivity index (χ4v) is 3.14. The molecule has 2 aromatic rings. The molecule has 0 radical (unpaired) electrons. The minimum absolute atomic E-state index is 0.117. The molecule has 0 aliphatic heterocycles. The molecule has 0 spiro atoms. The Labute approximate surface area is 103 Å². The first kappa shape index (κ1) is 11.6. The lowest BCUT2D eigenvalue weighted by Gasteiger charge is -2.13. The Morgan fingerprint density at radius 2 is 2.06 bits per heavy atom. The quantitative estimate of drug-likeness (QED) is 0.752. The van der Waals surface area contributed by atoms with Crippen LogP contribution in [0.25, 0.3) is 0 Å². The normalized spacial score (nSPS) is 14.6. The number of thioether (sulfide) groups is 1. The molecule has 0 aliphatic carbocycles. The van der Waals surface area contributed by atoms with Crippen LogP contribution in [0, 0.1) is 0 Å². The van der Waals surface area contributed by atoms with Gasteiger partial charge in [0, 0.05) is 21.7 Å². The van der Waals surface area contributed by atoms with E-state index in [2.05, 4.69) is 4.98 Å². The van der Waals surface area contributed by atoms with Crippen LogP contribution in [0.3, 0.4) is 0 Å². The predicted octanol–water partition coefficient (Wildman–Crippen LogP) is 4.33. The van der Waals surface area contributed by atoms with Crippen LogP contribution in [0.2, 0.25) is 0 Å². The summed E-state index contributed by atoms with van der Waals surface area (Å²) in [5.74, 6) is 0. The third kappa shape index (κ3) is 2.83. The minimum Gasteiger partial charge on any atom is -0.247 e. The summed E-state index contributed by atoms with van der Waals surface area (Å²) in [4.78, 5) is 5.10. The van der Waals surface area contributed by atoms with Crippen LogP contribution < -0.4 is 0 Å². The van der Waals surface area contributed by atoms with Crippen LogP contribution in [-0.4, -0.2) is 10.2 Å². The van der Waals surface area contributed by atoms with E-state index in [0.717, 1.165) is 4.90 Å². The van der Waals surface area contributed by atoms with Crippen molar-refractivity contribution in [1.82, 2.24) is 4.98 Å². The summed E-state index contributed by atoms with van der Waals surface area (Å²) in [6.07, 6.45) is 0.650. The maximum Gasteiger partial charge on any atom is 0.163 e. The highest BCUT2D eigenvalue weighted by atomic mass is 32.2. The van der Waals surface area contributed by atoms with Gasteiger partial charge in [0.05, 0.1) is 0 Å². The van der Waals surface area contributed by atoms with Crippen molar-refractivity contribution in [2.75, 3.05) is 0 Å². The molecule has 2 atom stereocenters. The average Bonchev–Trinajstić information content (AvgIpc) is 2.83. The molecule has 2 rings (SSSR count). The first-order valence-corrected chi connectivity index (χ1v) is 6.78. The highest BCUT2D eigenvalue weighted by Crippen LogP contribution is 2.34. The predicted molar refractivity (Wildman–Crippen MR) is 67.7 cm³/mol. The van der Waals surface area contributed by atoms with Crippen LogP contribution in [0.15, 0.2) is 46.8 Å². The SMILES string of the molecule is CC(Sc1ccccc1)C(F)c1nccs1. The molecule has 4 heteroatoms. The van der Waals surface area contributed by atoms with Gasteiger partial charge in [0.25, 0.3) is 0 Å². The molecule has 0 saturated heterocycles. The zero-order valence-electron chi connectivity index (χ0n) is 8.84. The van der Waals surface area contributed by atoms with Gasteiger partial charge >= 0.3 is 0 Å². The van der Waals surface area contributed by atoms with E-state index in [1.54, 1.807) is 18.0 Å². The Kier molecular flexibility index (Phi) is 3.96. The zero-order valence-corrected chi connectivity index (χ0v) is 10.5. The van der Waals surface area contributed by atoms with Crippen molar-refractivity contribution < 1.29 is 4.39 Å². The molecule has 0 saturated carbocycles. The largest absolute Gasteiger partial charge is 0.247 e. The van der Waals surface area contributed by atoms with Gasteiger partial charge in [0.15, 0.2) is 6.17 Å². The highest BCUT2D eigenvalue weighted by Gasteiger charge is 2.21. The summed E-state index contributed by atoms with van der Waals surface area (Å²) < 4.78 is 14.0. The summed E-state index contributed by atoms with van der Waals surface area (Å²) in [6.45, 7) is 1.89. The molecule has 16 heavy (non-hydrogen) atoms. The van der Waals surface area contributed by atoms with Gasteiger partial charge in [-0.2, -0.15) is 0 Å². The van der Waals surface area contributed by atoms with E-state index >= 15 is 0 Å². The summed E-state index contributed by atoms with van der Waals surface area (Å²) in [6, 6.07) is 9.88. The van der Waals surface area contributed by atoms with Crippen molar-refractivity contribution in [2.24, 2.45) is 0 Å². The monoisotopic (exact) mass is 253 g/mol. The van der Waals surface area contributed by atoms with Gasteiger partial charge in [-0.05, 0) is 19.1 Å². The van der Waals surface area contributed by atoms with Crippen molar-refractivity contribution >= 4 is 23.1 Å². The second-order valence-electron chi connectivity index (χ2n) is 3.41. The highest BCUT2D eigenvalue weighted by molar-refractivity contribution is 8.00. The van der Waals surface area contributed by atoms with Crippen LogP contribution in [0.1, 0.15) is 18.1 Å². The molecular weight excluding hydrogens is 241 g/mol. The Morgan fingerprint density at radius 1 is 1.31 bits per heavy atom. The molecule has 0 fully saturated rings. The summed E-state index contributed by atoms with van der Waals surface area (Å²) in [5, 5.41) is 2.26. The Balaban J connectivity index is 2.01. The molecule has 2 unspecified atom stereocenters. The van der Waals surface area contributed by atoms with Gasteiger partial charge in [-0.25, -0.2) is 9.37 Å². The zero-order chi connectivity index (χ0) is 11.4. The second kappa shape index (κ2) is 5.46. The van der Waals surface area contributed by atoms with Gasteiger partial charge in [-0.3, -0.25) is 0 Å². The van der Waals surface area contributed by atoms with Crippen LogP contribution >= 0.6 is 23.1 Å². The molecule has 1 aromatic carbocycles. The van der Waals surface area contributed by atoms with E-state index < -0.39 is 6.17 Å². The number of alkyl halides is 1. The van der Waals surface area contributed by atoms with Gasteiger partial charge in [-0.1, -0.05) is 18.2 Å². The van der Waals surface area contributed by atoms with Crippen LogP contribution in [0.5, 0.6) is 0 Å². The molecular formula is C12H12FNS2. The maximum atomic E-state index is 14.0. The van der Waals surface area contributed by atoms with Crippen molar-refractivity contribution in [3.8, 4) is 0 Å². The van der Waals surface area contributed by atoms with E-state index in [1.807, 2.05) is 42.6 Å². The minimum atomic E-state index is -0.995. The Hall–Kier alpha value is -0.870. The Bertz CT molecular complexity index is 416. The molecule has 0 amide bonds. The van der Waals surface area contributed by atoms with Crippen LogP contribution in [-0.2, 0) is 0 Å². The van der Waals surface area contributed by atoms with Crippen molar-refractivity contribution in [3.63, 3.8) is 0 Å². The fourth-order valence-electron chi connectivity index (χ4n) is 1.34. The third-order valence-corrected chi connectivity index (χ3v) is 4.15. The molecule has 0 N–H and O–H groups in total. The van der Waals surface area contributed by atoms with Gasteiger partial charge in [0.2, 0.25) is 0 Å². The third-order valence-electron chi connectivity index (χ3n) is 2.16. The molecule has 1 nitrogen and oxygen atoms in total. The van der Waals surface area contributed by atoms with Crippen molar-refractivity contribution in [3.05, 3.63) is 46.9 Å². The molecule has 84 valence electrons. The number of rotatable bonds is 4. The van der Waals surface area contributed by atoms with Gasteiger partial charge in [-0.15, -0.1) is 23.1 Å². The van der Waals surface area contributed by atoms with Gasteiger partial charge < -0.3 is 0 Å². The number of benzene rings is 1. The van der Waals surface area contributed by atoms with Crippen molar-refractivity contribution in [1.29, 1.82) is 0 Å². The number of halogens is 1. The first-order chi connectivity index (χ1) is 7.77. The summed E-state index contributed by atoms with van der Waals surface area (Å²) in [7, 11) is 0. The second-order valence-corrected chi connectivity index (χ2v) is 5.78. The van der Waals surface area contributed by atoms with E-state index in [-0.39, 0.29) is 5.25 Å². The lowest BCUT2D eigenvalue weighted by molar-refractivity contribution is 0.341. The molecule has 1 heterocycles. The molecule has 1 aromatic heterocycles. The van der Waals surface area contributed by atoms with Crippen LogP contribution in [0.4, 0.5) is 4.39 Å². The van der Waals surface area contributed by atoms with E-state index in [9.17, 15) is 4.39 Å². The number of nitrogens with zero attached hydrogens (tertiary/aromatic N) is 1. The maximum absolute atomic E-state index is 14.0. The average molecular weight is 253 g/mol. The summed E-state index contributed by atoms with van der Waals surface area (Å²) in [5.41, 5.74) is 0. The van der Waals surface area contributed by atoms with E-state index in [4.69, 9.17) is 0 Å². The lowest BCUT2D eigenvalue weighted by atomic mass is 10.3. The molecule has 0 aliphatic rings. The Morgan fingerprint density at radius 3 is 2.69 bits per heavy atom. The summed E-state index contributed by atoms with van der Waals surface area (Å²) >= 11 is 2.91. The topological polar surface area (TPSA) is 12.9 Å².